The summed E-state index contributed by atoms with van der Waals surface area (Å²) in [6.07, 6.45) is 1.78. The SMILES string of the molecule is CSCCNC(C)(C)C(C)O. The van der Waals surface area contributed by atoms with Gasteiger partial charge in [-0.25, -0.2) is 0 Å². The van der Waals surface area contributed by atoms with E-state index in [0.717, 1.165) is 12.3 Å². The molecule has 0 saturated heterocycles. The highest BCUT2D eigenvalue weighted by atomic mass is 32.2. The molecule has 0 aliphatic rings. The molecule has 0 heterocycles. The predicted octanol–water partition coefficient (Wildman–Crippen LogP) is 1.10. The smallest absolute Gasteiger partial charge is 0.0688 e. The molecule has 0 fully saturated rings. The molecule has 0 aromatic rings. The van der Waals surface area contributed by atoms with Crippen molar-refractivity contribution in [2.45, 2.75) is 32.4 Å². The summed E-state index contributed by atoms with van der Waals surface area (Å²) in [5.41, 5.74) is -0.157. The van der Waals surface area contributed by atoms with Gasteiger partial charge in [0.15, 0.2) is 0 Å². The van der Waals surface area contributed by atoms with Gasteiger partial charge in [0, 0.05) is 17.8 Å². The largest absolute Gasteiger partial charge is 0.392 e. The van der Waals surface area contributed by atoms with E-state index in [1.807, 2.05) is 32.5 Å². The number of rotatable bonds is 5. The van der Waals surface area contributed by atoms with E-state index in [0.29, 0.717) is 0 Å². The number of nitrogens with one attached hydrogen (secondary N) is 1. The predicted molar refractivity (Wildman–Crippen MR) is 52.1 cm³/mol. The molecule has 3 heteroatoms. The van der Waals surface area contributed by atoms with Gasteiger partial charge in [-0.3, -0.25) is 0 Å². The minimum Gasteiger partial charge on any atom is -0.392 e. The summed E-state index contributed by atoms with van der Waals surface area (Å²) >= 11 is 1.81. The lowest BCUT2D eigenvalue weighted by Crippen LogP contribution is -2.48. The molecule has 2 N–H and O–H groups in total. The Balaban J connectivity index is 3.55. The Morgan fingerprint density at radius 1 is 1.55 bits per heavy atom. The standard InChI is InChI=1S/C8H19NOS/c1-7(10)8(2,3)9-5-6-11-4/h7,9-10H,5-6H2,1-4H3. The van der Waals surface area contributed by atoms with Crippen LogP contribution in [0.5, 0.6) is 0 Å². The number of aliphatic hydroxyl groups is 1. The van der Waals surface area contributed by atoms with E-state index in [1.54, 1.807) is 0 Å². The first kappa shape index (κ1) is 11.3. The number of thioether (sulfide) groups is 1. The van der Waals surface area contributed by atoms with Crippen LogP contribution in [-0.2, 0) is 0 Å². The van der Waals surface area contributed by atoms with Gasteiger partial charge in [0.05, 0.1) is 6.10 Å². The Bertz CT molecular complexity index is 104. The number of hydrogen-bond acceptors (Lipinski definition) is 3. The molecule has 0 aromatic heterocycles. The van der Waals surface area contributed by atoms with E-state index < -0.39 is 0 Å². The lowest BCUT2D eigenvalue weighted by atomic mass is 9.99. The third-order valence-electron chi connectivity index (χ3n) is 1.93. The van der Waals surface area contributed by atoms with E-state index in [4.69, 9.17) is 0 Å². The lowest BCUT2D eigenvalue weighted by molar-refractivity contribution is 0.0984. The molecule has 0 radical (unpaired) electrons. The summed E-state index contributed by atoms with van der Waals surface area (Å²) in [7, 11) is 0. The maximum absolute atomic E-state index is 9.31. The Hall–Kier alpha value is 0.270. The van der Waals surface area contributed by atoms with Gasteiger partial charge in [-0.05, 0) is 27.0 Å². The molecule has 0 bridgehead atoms. The fourth-order valence-corrected chi connectivity index (χ4v) is 0.929. The normalized spacial score (nSPS) is 15.0. The zero-order valence-corrected chi connectivity index (χ0v) is 8.66. The highest BCUT2D eigenvalue weighted by molar-refractivity contribution is 7.98. The van der Waals surface area contributed by atoms with E-state index in [2.05, 4.69) is 11.6 Å². The first-order valence-corrected chi connectivity index (χ1v) is 5.32. The maximum Gasteiger partial charge on any atom is 0.0688 e. The Labute approximate surface area is 73.8 Å². The second kappa shape index (κ2) is 5.01. The lowest BCUT2D eigenvalue weighted by Gasteiger charge is -2.29. The monoisotopic (exact) mass is 177 g/mol. The highest BCUT2D eigenvalue weighted by Crippen LogP contribution is 2.07. The molecule has 1 unspecified atom stereocenters. The molecule has 68 valence electrons. The molecule has 11 heavy (non-hydrogen) atoms. The van der Waals surface area contributed by atoms with E-state index in [1.165, 1.54) is 0 Å². The van der Waals surface area contributed by atoms with E-state index >= 15 is 0 Å². The molecular weight excluding hydrogens is 158 g/mol. The van der Waals surface area contributed by atoms with Gasteiger partial charge in [-0.15, -0.1) is 0 Å². The topological polar surface area (TPSA) is 32.3 Å². The zero-order chi connectivity index (χ0) is 8.91. The second-order valence-electron chi connectivity index (χ2n) is 3.32. The van der Waals surface area contributed by atoms with Crippen molar-refractivity contribution >= 4 is 11.8 Å². The molecule has 0 amide bonds. The summed E-state index contributed by atoms with van der Waals surface area (Å²) in [6.45, 7) is 6.79. The summed E-state index contributed by atoms with van der Waals surface area (Å²) in [5, 5.41) is 12.6. The average Bonchev–Trinajstić information content (AvgIpc) is 1.88. The fourth-order valence-electron chi connectivity index (χ4n) is 0.623. The van der Waals surface area contributed by atoms with Crippen LogP contribution in [0.2, 0.25) is 0 Å². The Morgan fingerprint density at radius 2 is 2.09 bits per heavy atom. The van der Waals surface area contributed by atoms with E-state index in [-0.39, 0.29) is 11.6 Å². The van der Waals surface area contributed by atoms with Gasteiger partial charge in [0.25, 0.3) is 0 Å². The van der Waals surface area contributed by atoms with Crippen molar-refractivity contribution in [2.75, 3.05) is 18.6 Å². The molecule has 2 nitrogen and oxygen atoms in total. The first-order valence-electron chi connectivity index (χ1n) is 3.92. The molecule has 0 spiro atoms. The van der Waals surface area contributed by atoms with E-state index in [9.17, 15) is 5.11 Å². The van der Waals surface area contributed by atoms with Gasteiger partial charge in [-0.2, -0.15) is 11.8 Å². The molecular formula is C8H19NOS. The van der Waals surface area contributed by atoms with Crippen LogP contribution in [0.15, 0.2) is 0 Å². The summed E-state index contributed by atoms with van der Waals surface area (Å²) < 4.78 is 0. The van der Waals surface area contributed by atoms with Crippen molar-refractivity contribution in [3.8, 4) is 0 Å². The minimum atomic E-state index is -0.302. The van der Waals surface area contributed by atoms with Crippen molar-refractivity contribution in [1.29, 1.82) is 0 Å². The molecule has 0 rings (SSSR count). The maximum atomic E-state index is 9.31. The quantitative estimate of drug-likeness (QED) is 0.617. The van der Waals surface area contributed by atoms with Crippen LogP contribution in [0, 0.1) is 0 Å². The van der Waals surface area contributed by atoms with Crippen molar-refractivity contribution in [1.82, 2.24) is 5.32 Å². The molecule has 0 aliphatic heterocycles. The van der Waals surface area contributed by atoms with Gasteiger partial charge in [0.2, 0.25) is 0 Å². The van der Waals surface area contributed by atoms with Crippen LogP contribution in [0.3, 0.4) is 0 Å². The number of hydrogen-bond donors (Lipinski definition) is 2. The van der Waals surface area contributed by atoms with Crippen molar-refractivity contribution in [3.05, 3.63) is 0 Å². The first-order chi connectivity index (χ1) is 5.00. The van der Waals surface area contributed by atoms with Gasteiger partial charge in [-0.1, -0.05) is 0 Å². The minimum absolute atomic E-state index is 0.157. The van der Waals surface area contributed by atoms with Crippen molar-refractivity contribution in [3.63, 3.8) is 0 Å². The van der Waals surface area contributed by atoms with Crippen LogP contribution in [0.1, 0.15) is 20.8 Å². The fraction of sp³-hybridized carbons (Fsp3) is 1.00. The summed E-state index contributed by atoms with van der Waals surface area (Å²) in [5.74, 6) is 1.09. The third kappa shape index (κ3) is 4.67. The van der Waals surface area contributed by atoms with Crippen molar-refractivity contribution in [2.24, 2.45) is 0 Å². The van der Waals surface area contributed by atoms with Crippen molar-refractivity contribution < 1.29 is 5.11 Å². The average molecular weight is 177 g/mol. The zero-order valence-electron chi connectivity index (χ0n) is 7.85. The van der Waals surface area contributed by atoms with Crippen LogP contribution in [0.25, 0.3) is 0 Å². The van der Waals surface area contributed by atoms with Gasteiger partial charge < -0.3 is 10.4 Å². The van der Waals surface area contributed by atoms with Crippen LogP contribution >= 0.6 is 11.8 Å². The van der Waals surface area contributed by atoms with Crippen LogP contribution in [0.4, 0.5) is 0 Å². The summed E-state index contributed by atoms with van der Waals surface area (Å²) in [6, 6.07) is 0. The van der Waals surface area contributed by atoms with Crippen LogP contribution < -0.4 is 5.32 Å². The second-order valence-corrected chi connectivity index (χ2v) is 4.30. The van der Waals surface area contributed by atoms with Gasteiger partial charge in [0.1, 0.15) is 0 Å². The third-order valence-corrected chi connectivity index (χ3v) is 2.54. The van der Waals surface area contributed by atoms with Gasteiger partial charge >= 0.3 is 0 Å². The molecule has 0 aliphatic carbocycles. The summed E-state index contributed by atoms with van der Waals surface area (Å²) in [4.78, 5) is 0. The molecule has 0 aromatic carbocycles. The number of aliphatic hydroxyl groups excluding tert-OH is 1. The van der Waals surface area contributed by atoms with Crippen LogP contribution in [-0.4, -0.2) is 35.3 Å². The Morgan fingerprint density at radius 3 is 2.45 bits per heavy atom. The highest BCUT2D eigenvalue weighted by Gasteiger charge is 2.22. The Kier molecular flexibility index (Phi) is 5.13. The molecule has 0 saturated carbocycles. The molecule has 1 atom stereocenters.